The lowest BCUT2D eigenvalue weighted by Gasteiger charge is -2.15. The summed E-state index contributed by atoms with van der Waals surface area (Å²) in [6.07, 6.45) is 0.475. The summed E-state index contributed by atoms with van der Waals surface area (Å²) in [4.78, 5) is 21.1. The second-order valence-electron chi connectivity index (χ2n) is 4.90. The van der Waals surface area contributed by atoms with Crippen LogP contribution in [0.2, 0.25) is 0 Å². The zero-order valence-electron chi connectivity index (χ0n) is 11.2. The molecule has 1 aromatic heterocycles. The molecule has 1 aliphatic rings. The summed E-state index contributed by atoms with van der Waals surface area (Å²) in [6.45, 7) is 1.55. The van der Waals surface area contributed by atoms with Crippen LogP contribution in [0, 0.1) is 0 Å². The van der Waals surface area contributed by atoms with Crippen molar-refractivity contribution >= 4 is 28.8 Å². The zero-order valence-corrected chi connectivity index (χ0v) is 11.2. The number of hydrogen-bond acceptors (Lipinski definition) is 5. The van der Waals surface area contributed by atoms with Crippen LogP contribution in [-0.2, 0) is 4.74 Å². The second-order valence-corrected chi connectivity index (χ2v) is 4.90. The maximum atomic E-state index is 11.2. The van der Waals surface area contributed by atoms with Gasteiger partial charge in [-0.05, 0) is 24.6 Å². The Morgan fingerprint density at radius 1 is 1.60 bits per heavy atom. The molecule has 2 heterocycles. The monoisotopic (exact) mass is 275 g/mol. The Balaban J connectivity index is 1.74. The maximum Gasteiger partial charge on any atom is 0.407 e. The van der Waals surface area contributed by atoms with Crippen molar-refractivity contribution in [1.29, 1.82) is 0 Å². The predicted molar refractivity (Wildman–Crippen MR) is 76.7 cm³/mol. The summed E-state index contributed by atoms with van der Waals surface area (Å²) >= 11 is 0. The highest BCUT2D eigenvalue weighted by Gasteiger charge is 2.26. The van der Waals surface area contributed by atoms with Gasteiger partial charge in [0, 0.05) is 18.8 Å². The number of rotatable bonds is 2. The first-order valence-corrected chi connectivity index (χ1v) is 6.50. The van der Waals surface area contributed by atoms with E-state index in [1.165, 1.54) is 7.11 Å². The van der Waals surface area contributed by atoms with Crippen LogP contribution in [0.3, 0.4) is 0 Å². The third-order valence-electron chi connectivity index (χ3n) is 3.49. The van der Waals surface area contributed by atoms with Gasteiger partial charge in [0.1, 0.15) is 0 Å². The van der Waals surface area contributed by atoms with E-state index >= 15 is 0 Å². The van der Waals surface area contributed by atoms with Crippen molar-refractivity contribution in [2.45, 2.75) is 12.5 Å². The minimum atomic E-state index is -0.394. The van der Waals surface area contributed by atoms with E-state index in [0.717, 1.165) is 29.9 Å². The third kappa shape index (κ3) is 2.34. The van der Waals surface area contributed by atoms with Crippen molar-refractivity contribution in [3.05, 3.63) is 18.2 Å². The van der Waals surface area contributed by atoms with Gasteiger partial charge in [-0.2, -0.15) is 0 Å². The van der Waals surface area contributed by atoms with Gasteiger partial charge < -0.3 is 25.7 Å². The van der Waals surface area contributed by atoms with E-state index in [1.807, 2.05) is 18.2 Å². The SMILES string of the molecule is COC(=O)NC1CCN(c2nc3ccc(N)cc3[nH]2)C1. The summed E-state index contributed by atoms with van der Waals surface area (Å²) in [5.41, 5.74) is 8.27. The molecule has 1 aromatic carbocycles. The summed E-state index contributed by atoms with van der Waals surface area (Å²) in [5, 5.41) is 2.81. The predicted octanol–water partition coefficient (Wildman–Crippen LogP) is 1.08. The first-order valence-electron chi connectivity index (χ1n) is 6.50. The molecule has 0 spiro atoms. The Hall–Kier alpha value is -2.44. The number of fused-ring (bicyclic) bond motifs is 1. The molecule has 1 aliphatic heterocycles. The number of nitrogens with zero attached hydrogens (tertiary/aromatic N) is 2. The standard InChI is InChI=1S/C13H17N5O2/c1-20-13(19)15-9-4-5-18(7-9)12-16-10-3-2-8(14)6-11(10)17-12/h2-3,6,9H,4-5,7,14H2,1H3,(H,15,19)(H,16,17). The molecule has 1 fully saturated rings. The van der Waals surface area contributed by atoms with Crippen molar-refractivity contribution in [1.82, 2.24) is 15.3 Å². The van der Waals surface area contributed by atoms with Gasteiger partial charge in [-0.1, -0.05) is 0 Å². The van der Waals surface area contributed by atoms with Crippen molar-refractivity contribution < 1.29 is 9.53 Å². The number of nitrogens with two attached hydrogens (primary N) is 1. The van der Waals surface area contributed by atoms with Crippen LogP contribution in [0.15, 0.2) is 18.2 Å². The van der Waals surface area contributed by atoms with E-state index in [2.05, 4.69) is 24.9 Å². The molecule has 0 saturated carbocycles. The Bertz CT molecular complexity index is 639. The van der Waals surface area contributed by atoms with E-state index in [-0.39, 0.29) is 6.04 Å². The lowest BCUT2D eigenvalue weighted by atomic mass is 10.3. The van der Waals surface area contributed by atoms with E-state index in [1.54, 1.807) is 0 Å². The normalized spacial score (nSPS) is 18.4. The molecule has 3 rings (SSSR count). The molecule has 0 radical (unpaired) electrons. The summed E-state index contributed by atoms with van der Waals surface area (Å²) in [5.74, 6) is 0.805. The minimum Gasteiger partial charge on any atom is -0.453 e. The number of alkyl carbamates (subject to hydrolysis) is 1. The number of H-pyrrole nitrogens is 1. The van der Waals surface area contributed by atoms with E-state index in [9.17, 15) is 4.79 Å². The Kier molecular flexibility index (Phi) is 3.09. The highest BCUT2D eigenvalue weighted by molar-refractivity contribution is 5.81. The number of carbonyl (C=O) groups is 1. The number of nitrogen functional groups attached to an aromatic ring is 1. The molecule has 2 aromatic rings. The van der Waals surface area contributed by atoms with Crippen molar-refractivity contribution in [2.24, 2.45) is 0 Å². The van der Waals surface area contributed by atoms with Crippen LogP contribution in [0.4, 0.5) is 16.4 Å². The lowest BCUT2D eigenvalue weighted by Crippen LogP contribution is -2.37. The van der Waals surface area contributed by atoms with Crippen molar-refractivity contribution in [2.75, 3.05) is 30.8 Å². The number of amides is 1. The highest BCUT2D eigenvalue weighted by Crippen LogP contribution is 2.22. The molecule has 0 aliphatic carbocycles. The second kappa shape index (κ2) is 4.92. The highest BCUT2D eigenvalue weighted by atomic mass is 16.5. The third-order valence-corrected chi connectivity index (χ3v) is 3.49. The number of imidazole rings is 1. The number of aromatic amines is 1. The molecule has 1 unspecified atom stereocenters. The van der Waals surface area contributed by atoms with Gasteiger partial charge in [0.05, 0.1) is 24.2 Å². The molecular formula is C13H17N5O2. The molecule has 1 saturated heterocycles. The molecule has 7 nitrogen and oxygen atoms in total. The van der Waals surface area contributed by atoms with Crippen LogP contribution in [0.1, 0.15) is 6.42 Å². The summed E-state index contributed by atoms with van der Waals surface area (Å²) in [6, 6.07) is 5.68. The molecule has 7 heteroatoms. The van der Waals surface area contributed by atoms with Gasteiger partial charge in [-0.25, -0.2) is 9.78 Å². The van der Waals surface area contributed by atoms with Gasteiger partial charge >= 0.3 is 6.09 Å². The number of hydrogen-bond donors (Lipinski definition) is 3. The lowest BCUT2D eigenvalue weighted by molar-refractivity contribution is 0.167. The summed E-state index contributed by atoms with van der Waals surface area (Å²) in [7, 11) is 1.37. The van der Waals surface area contributed by atoms with Crippen molar-refractivity contribution in [3.63, 3.8) is 0 Å². The van der Waals surface area contributed by atoms with Gasteiger partial charge in [0.25, 0.3) is 0 Å². The fourth-order valence-electron chi connectivity index (χ4n) is 2.46. The Labute approximate surface area is 116 Å². The van der Waals surface area contributed by atoms with E-state index in [0.29, 0.717) is 12.2 Å². The largest absolute Gasteiger partial charge is 0.453 e. The molecule has 106 valence electrons. The minimum absolute atomic E-state index is 0.0840. The molecule has 0 bridgehead atoms. The van der Waals surface area contributed by atoms with E-state index in [4.69, 9.17) is 5.73 Å². The van der Waals surface area contributed by atoms with Crippen LogP contribution in [-0.4, -0.2) is 42.3 Å². The topological polar surface area (TPSA) is 96.3 Å². The smallest absolute Gasteiger partial charge is 0.407 e. The first kappa shape index (κ1) is 12.6. The average Bonchev–Trinajstić information content (AvgIpc) is 3.04. The molecule has 20 heavy (non-hydrogen) atoms. The number of carbonyl (C=O) groups excluding carboxylic acids is 1. The number of nitrogens with one attached hydrogen (secondary N) is 2. The van der Waals surface area contributed by atoms with Crippen LogP contribution >= 0.6 is 0 Å². The van der Waals surface area contributed by atoms with E-state index < -0.39 is 6.09 Å². The number of anilines is 2. The fourth-order valence-corrected chi connectivity index (χ4v) is 2.46. The molecule has 1 atom stereocenters. The van der Waals surface area contributed by atoms with Crippen LogP contribution < -0.4 is 16.0 Å². The number of ether oxygens (including phenoxy) is 1. The maximum absolute atomic E-state index is 11.2. The number of aromatic nitrogens is 2. The quantitative estimate of drug-likeness (QED) is 0.713. The average molecular weight is 275 g/mol. The zero-order chi connectivity index (χ0) is 14.1. The fraction of sp³-hybridized carbons (Fsp3) is 0.385. The summed E-state index contributed by atoms with van der Waals surface area (Å²) < 4.78 is 4.61. The number of benzene rings is 1. The van der Waals surface area contributed by atoms with Gasteiger partial charge in [0.15, 0.2) is 0 Å². The van der Waals surface area contributed by atoms with Gasteiger partial charge in [-0.15, -0.1) is 0 Å². The first-order chi connectivity index (χ1) is 9.65. The molecular weight excluding hydrogens is 258 g/mol. The van der Waals surface area contributed by atoms with Gasteiger partial charge in [0.2, 0.25) is 5.95 Å². The Morgan fingerprint density at radius 3 is 3.25 bits per heavy atom. The molecule has 1 amide bonds. The molecule has 4 N–H and O–H groups in total. The van der Waals surface area contributed by atoms with Crippen molar-refractivity contribution in [3.8, 4) is 0 Å². The van der Waals surface area contributed by atoms with Crippen LogP contribution in [0.5, 0.6) is 0 Å². The van der Waals surface area contributed by atoms with Gasteiger partial charge in [-0.3, -0.25) is 0 Å². The Morgan fingerprint density at radius 2 is 2.45 bits per heavy atom. The number of methoxy groups -OCH3 is 1. The van der Waals surface area contributed by atoms with Crippen LogP contribution in [0.25, 0.3) is 11.0 Å².